The first-order valence-electron chi connectivity index (χ1n) is 47.8. The number of Topliss-reactive ketones (excluding diaryl/α,β-unsaturated/α-hetero) is 1. The normalized spacial score (nSPS) is 45.8. The molecular formula is C102H152N2O21. The highest BCUT2D eigenvalue weighted by Crippen LogP contribution is 2.76. The number of ketones is 1. The molecule has 1 amide bonds. The van der Waals surface area contributed by atoms with Crippen LogP contribution in [0.15, 0.2) is 103 Å². The highest BCUT2D eigenvalue weighted by Gasteiger charge is 2.73. The SMILES string of the molecule is CCC1O[C@@H](OC2[C@H](O[C@H]3CCC4(C)C5CC=C6C7CC(C)(C)CC[C@]7(C(=O)NCCO[C@@H]7OC(COCc8ccccc8)[C@H](N)C(C)C7O[C@@H]7OC(C)[C@H](O[C@@H]8OC[C@@H](OCc9ccccc9)C(OCc9ccccc9)C8C)C8OC(C)(C)OC87)[C@@H](OC)C[C@@]6(C)C5(C)CC[C@H]4[C@@]3(C)C=O)OC(C(C)=O)[C@@H](C)[C@@H]2O[C@@H]2OC[C@@H](C)[C@H](C)C2C)C(C)[C@@H](C)[C@H]1C. The molecular weight excluding hydrogens is 1590 g/mol. The minimum absolute atomic E-state index is 0.0211. The monoisotopic (exact) mass is 1740 g/mol. The Labute approximate surface area is 745 Å². The van der Waals surface area contributed by atoms with Gasteiger partial charge < -0.3 is 101 Å². The zero-order chi connectivity index (χ0) is 89.2. The van der Waals surface area contributed by atoms with Crippen LogP contribution in [0.4, 0.5) is 0 Å². The molecule has 3 aromatic carbocycles. The molecule has 0 bridgehead atoms. The summed E-state index contributed by atoms with van der Waals surface area (Å²) >= 11 is 0. The summed E-state index contributed by atoms with van der Waals surface area (Å²) in [5.41, 5.74) is 8.85. The molecule has 11 fully saturated rings. The first-order chi connectivity index (χ1) is 59.5. The van der Waals surface area contributed by atoms with Gasteiger partial charge in [0, 0.05) is 49.3 Å². The first kappa shape index (κ1) is 95.1. The number of rotatable bonds is 29. The van der Waals surface area contributed by atoms with Gasteiger partial charge in [-0.1, -0.05) is 213 Å². The Bertz CT molecular complexity index is 4100. The number of ether oxygens (including phenoxy) is 18. The zero-order valence-corrected chi connectivity index (χ0v) is 78.7. The van der Waals surface area contributed by atoms with E-state index in [0.29, 0.717) is 69.4 Å². The van der Waals surface area contributed by atoms with E-state index in [4.69, 9.17) is 91.0 Å². The van der Waals surface area contributed by atoms with Crippen LogP contribution in [-0.2, 0) is 119 Å². The Kier molecular flexibility index (Phi) is 29.3. The summed E-state index contributed by atoms with van der Waals surface area (Å²) in [6.07, 6.45) is -1.86. The number of nitrogens with two attached hydrogens (primary N) is 1. The van der Waals surface area contributed by atoms with Crippen molar-refractivity contribution in [3.8, 4) is 0 Å². The molecule has 17 unspecified atom stereocenters. The van der Waals surface area contributed by atoms with Crippen molar-refractivity contribution in [3.05, 3.63) is 119 Å². The Morgan fingerprint density at radius 2 is 1.16 bits per heavy atom. The number of carbonyl (C=O) groups excluding carboxylic acids is 3. The maximum atomic E-state index is 16.2. The van der Waals surface area contributed by atoms with Gasteiger partial charge in [-0.15, -0.1) is 0 Å². The van der Waals surface area contributed by atoms with Crippen molar-refractivity contribution in [2.24, 2.45) is 109 Å². The number of methoxy groups -OCH3 is 1. The fraction of sp³-hybridized carbons (Fsp3) is 0.775. The van der Waals surface area contributed by atoms with E-state index in [-0.39, 0.29) is 119 Å². The largest absolute Gasteiger partial charge is 0.380 e. The van der Waals surface area contributed by atoms with Crippen LogP contribution in [0, 0.1) is 104 Å². The van der Waals surface area contributed by atoms with Gasteiger partial charge in [-0.05, 0) is 172 Å². The molecule has 12 aliphatic rings. The lowest BCUT2D eigenvalue weighted by molar-refractivity contribution is -0.374. The third kappa shape index (κ3) is 18.5. The average molecular weight is 1740 g/mol. The topological polar surface area (TPSA) is 255 Å². The van der Waals surface area contributed by atoms with E-state index >= 15 is 4.79 Å². The Balaban J connectivity index is 0.651. The second-order valence-electron chi connectivity index (χ2n) is 42.6. The van der Waals surface area contributed by atoms with Crippen LogP contribution < -0.4 is 11.1 Å². The molecule has 0 radical (unpaired) electrons. The molecule has 3 aromatic rings. The van der Waals surface area contributed by atoms with Crippen molar-refractivity contribution in [1.82, 2.24) is 5.32 Å². The van der Waals surface area contributed by atoms with Gasteiger partial charge in [-0.3, -0.25) is 9.59 Å². The predicted molar refractivity (Wildman–Crippen MR) is 470 cm³/mol. The molecule has 23 heteroatoms. The summed E-state index contributed by atoms with van der Waals surface area (Å²) < 4.78 is 125. The number of nitrogens with one attached hydrogen (secondary N) is 1. The van der Waals surface area contributed by atoms with Crippen LogP contribution in [0.3, 0.4) is 0 Å². The predicted octanol–water partition coefficient (Wildman–Crippen LogP) is 16.2. The zero-order valence-electron chi connectivity index (χ0n) is 78.7. The molecule has 7 heterocycles. The van der Waals surface area contributed by atoms with Crippen LogP contribution in [-0.4, -0.2) is 193 Å². The van der Waals surface area contributed by atoms with Crippen molar-refractivity contribution < 1.29 is 99.6 Å². The summed E-state index contributed by atoms with van der Waals surface area (Å²) in [4.78, 5) is 44.8. The van der Waals surface area contributed by atoms with Gasteiger partial charge in [0.15, 0.2) is 49.3 Å². The molecule has 5 aliphatic carbocycles. The summed E-state index contributed by atoms with van der Waals surface area (Å²) in [5.74, 6) is -0.981. The standard InChI is InChI=1S/C102H152N2O21/c1-22-73-60(5)59(4)62(7)91(116-73)123-87-83(120-89-61(6)58(3)57(2)50-113-89)64(9)81(66(11)106)119-93(87)118-78-41-42-98(17)76(99(78,18)56-105)40-43-100(19)77(98)39-38-71-72-48-96(13,14)44-45-102(72,79(108-21)49-101(71,100)20)95(107)104-46-47-110-92-84(63(8)80(103)74(117-92)54-109-51-68-32-26-23-27-33-68)121-94-88-86(124-97(15,16)125-88)85(67(12)115-94)122-90-65(10)82(112-53-70-36-30-25-31-37-70)75(55-114-90)111-52-69-34-28-24-29-35-69/h23-38,56-65,67,72-94H,22,39-55,103H2,1-21H3,(H,104,107)/t57-,58+,59+,60-,61?,62?,63?,64-,65?,67?,72?,73?,74?,75-,76-,77?,78+,79+,80-,81?,82?,83+,84?,85+,86?,87?,88?,89+,90+,91+,92-,93-,94+,98?,99-,100?,101-,102-/m1/s1. The molecule has 38 atom stereocenters. The van der Waals surface area contributed by atoms with Gasteiger partial charge in [-0.25, -0.2) is 0 Å². The third-order valence-corrected chi connectivity index (χ3v) is 34.2. The van der Waals surface area contributed by atoms with E-state index in [1.165, 1.54) is 11.9 Å². The van der Waals surface area contributed by atoms with Gasteiger partial charge in [0.2, 0.25) is 5.91 Å². The molecule has 3 N–H and O–H groups in total. The molecule has 23 nitrogen and oxygen atoms in total. The second kappa shape index (κ2) is 38.6. The van der Waals surface area contributed by atoms with E-state index in [1.54, 1.807) is 14.0 Å². The van der Waals surface area contributed by atoms with E-state index in [1.807, 2.05) is 113 Å². The second-order valence-corrected chi connectivity index (χ2v) is 42.6. The van der Waals surface area contributed by atoms with Crippen molar-refractivity contribution >= 4 is 18.0 Å². The number of hydrogen-bond donors (Lipinski definition) is 2. The van der Waals surface area contributed by atoms with Crippen LogP contribution in [0.5, 0.6) is 0 Å². The maximum Gasteiger partial charge on any atom is 0.229 e. The molecule has 125 heavy (non-hydrogen) atoms. The van der Waals surface area contributed by atoms with Gasteiger partial charge in [0.05, 0.1) is 99.8 Å². The van der Waals surface area contributed by atoms with Crippen LogP contribution >= 0.6 is 0 Å². The van der Waals surface area contributed by atoms with Crippen LogP contribution in [0.1, 0.15) is 219 Å². The number of amides is 1. The van der Waals surface area contributed by atoms with E-state index < -0.39 is 133 Å². The lowest BCUT2D eigenvalue weighted by Crippen LogP contribution is -2.69. The Morgan fingerprint density at radius 3 is 1.82 bits per heavy atom. The fourth-order valence-corrected chi connectivity index (χ4v) is 25.6. The molecule has 0 aromatic heterocycles. The quantitative estimate of drug-likeness (QED) is 0.0283. The van der Waals surface area contributed by atoms with Crippen molar-refractivity contribution in [2.45, 2.75) is 358 Å². The number of aldehydes is 1. The summed E-state index contributed by atoms with van der Waals surface area (Å²) in [6, 6.07) is 29.7. The maximum absolute atomic E-state index is 16.2. The smallest absolute Gasteiger partial charge is 0.229 e. The van der Waals surface area contributed by atoms with Gasteiger partial charge in [-0.2, -0.15) is 0 Å². The molecule has 7 saturated heterocycles. The number of allylic oxidation sites excluding steroid dienone is 2. The van der Waals surface area contributed by atoms with Gasteiger partial charge in [0.1, 0.15) is 49.0 Å². The van der Waals surface area contributed by atoms with E-state index in [2.05, 4.69) is 120 Å². The highest BCUT2D eigenvalue weighted by atomic mass is 16.8. The van der Waals surface area contributed by atoms with Gasteiger partial charge in [0.25, 0.3) is 0 Å². The summed E-state index contributed by atoms with van der Waals surface area (Å²) in [7, 11) is 1.80. The summed E-state index contributed by atoms with van der Waals surface area (Å²) in [5, 5.41) is 3.49. The Morgan fingerprint density at radius 1 is 0.544 bits per heavy atom. The third-order valence-electron chi connectivity index (χ3n) is 34.2. The van der Waals surface area contributed by atoms with Crippen molar-refractivity contribution in [2.75, 3.05) is 40.1 Å². The van der Waals surface area contributed by atoms with Gasteiger partial charge >= 0.3 is 0 Å². The lowest BCUT2D eigenvalue weighted by atomic mass is 9.33. The lowest BCUT2D eigenvalue weighted by Gasteiger charge is -2.72. The first-order valence-corrected chi connectivity index (χ1v) is 47.8. The average Bonchev–Trinajstić information content (AvgIpc) is 0.717. The molecule has 696 valence electrons. The molecule has 15 rings (SSSR count). The number of fused-ring (bicyclic) bond motifs is 8. The summed E-state index contributed by atoms with van der Waals surface area (Å²) in [6.45, 7) is 45.7. The number of hydrogen-bond acceptors (Lipinski definition) is 22. The molecule has 4 saturated carbocycles. The fourth-order valence-electron chi connectivity index (χ4n) is 25.6. The molecule has 0 spiro atoms. The minimum atomic E-state index is -1.07. The van der Waals surface area contributed by atoms with Crippen molar-refractivity contribution in [1.29, 1.82) is 0 Å². The highest BCUT2D eigenvalue weighted by molar-refractivity contribution is 5.85. The van der Waals surface area contributed by atoms with Crippen LogP contribution in [0.25, 0.3) is 0 Å². The minimum Gasteiger partial charge on any atom is -0.380 e. The number of benzene rings is 3. The molecule has 7 aliphatic heterocycles. The Hall–Kier alpha value is -4.55. The number of carbonyl (C=O) groups is 3. The van der Waals surface area contributed by atoms with Crippen molar-refractivity contribution in [3.63, 3.8) is 0 Å². The van der Waals surface area contributed by atoms with E-state index in [0.717, 1.165) is 61.6 Å². The van der Waals surface area contributed by atoms with E-state index in [9.17, 15) is 9.59 Å². The van der Waals surface area contributed by atoms with Crippen LogP contribution in [0.2, 0.25) is 0 Å².